The zero-order valence-electron chi connectivity index (χ0n) is 30.3. The van der Waals surface area contributed by atoms with Crippen LogP contribution in [0.15, 0.2) is 143 Å². The maximum absolute atomic E-state index is 13.9. The number of carbonyl (C=O) groups excluding carboxylic acids is 3. The molecule has 0 saturated carbocycles. The van der Waals surface area contributed by atoms with E-state index >= 15 is 0 Å². The average Bonchev–Trinajstić information content (AvgIpc) is 3.69. The van der Waals surface area contributed by atoms with Gasteiger partial charge >= 0.3 is 0 Å². The minimum absolute atomic E-state index is 0.0203. The van der Waals surface area contributed by atoms with E-state index in [-0.39, 0.29) is 11.6 Å². The maximum Gasteiger partial charge on any atom is 0.272 e. The number of methoxy groups -OCH3 is 2. The second-order valence-corrected chi connectivity index (χ2v) is 13.9. The summed E-state index contributed by atoms with van der Waals surface area (Å²) in [5.41, 5.74) is 3.79. The van der Waals surface area contributed by atoms with Gasteiger partial charge in [-0.2, -0.15) is 0 Å². The Labute approximate surface area is 327 Å². The molecule has 0 bridgehead atoms. The van der Waals surface area contributed by atoms with Crippen molar-refractivity contribution in [2.75, 3.05) is 31.5 Å². The quantitative estimate of drug-likeness (QED) is 0.0697. The topological polar surface area (TPSA) is 128 Å². The van der Waals surface area contributed by atoms with Crippen LogP contribution in [0.25, 0.3) is 17.3 Å². The number of hydrogen-bond donors (Lipinski definition) is 3. The van der Waals surface area contributed by atoms with E-state index in [1.165, 1.54) is 43.4 Å². The number of amides is 3. The predicted octanol–water partition coefficient (Wildman–Crippen LogP) is 9.11. The lowest BCUT2D eigenvalue weighted by atomic mass is 10.1. The highest BCUT2D eigenvalue weighted by Gasteiger charge is 2.24. The summed E-state index contributed by atoms with van der Waals surface area (Å²) in [5, 5.41) is 10.4. The van der Waals surface area contributed by atoms with E-state index in [1.54, 1.807) is 66.7 Å². The van der Waals surface area contributed by atoms with E-state index in [2.05, 4.69) is 20.9 Å². The number of aromatic nitrogens is 1. The lowest BCUT2D eigenvalue weighted by Gasteiger charge is -2.17. The normalized spacial score (nSPS) is 11.6. The molecule has 0 spiro atoms. The van der Waals surface area contributed by atoms with Crippen molar-refractivity contribution in [1.82, 2.24) is 10.3 Å². The van der Waals surface area contributed by atoms with E-state index < -0.39 is 17.1 Å². The van der Waals surface area contributed by atoms with Gasteiger partial charge < -0.3 is 30.2 Å². The standard InChI is InChI=1S/C43H38N4O6S2/c1-4-53-33-23-21-28(22-24-33)36-27-54-43(46-36)47-42(50)39(29-13-7-5-8-14-29)55-34-19-12-18-32(26-34)44-41(49)35(45-40(48)30-15-9-6-10-16-30)25-31-17-11-20-37(51-2)38(31)52-3/h5-27,39H,4H2,1-3H3,(H,44,49)(H,45,48)(H,46,47,50)/b35-25+. The van der Waals surface area contributed by atoms with E-state index in [0.29, 0.717) is 40.1 Å². The average molecular weight is 771 g/mol. The van der Waals surface area contributed by atoms with Crippen LogP contribution in [0.4, 0.5) is 10.8 Å². The molecule has 278 valence electrons. The van der Waals surface area contributed by atoms with Crippen molar-refractivity contribution in [2.24, 2.45) is 0 Å². The monoisotopic (exact) mass is 770 g/mol. The molecule has 10 nitrogen and oxygen atoms in total. The van der Waals surface area contributed by atoms with Gasteiger partial charge in [0, 0.05) is 32.7 Å². The molecule has 0 aliphatic heterocycles. The zero-order valence-corrected chi connectivity index (χ0v) is 31.9. The molecular weight excluding hydrogens is 733 g/mol. The minimum Gasteiger partial charge on any atom is -0.494 e. The van der Waals surface area contributed by atoms with Crippen LogP contribution >= 0.6 is 23.1 Å². The van der Waals surface area contributed by atoms with E-state index in [4.69, 9.17) is 14.2 Å². The number of para-hydroxylation sites is 1. The van der Waals surface area contributed by atoms with Gasteiger partial charge in [0.1, 0.15) is 16.7 Å². The maximum atomic E-state index is 13.9. The van der Waals surface area contributed by atoms with Gasteiger partial charge in [0.2, 0.25) is 5.91 Å². The fraction of sp³-hybridized carbons (Fsp3) is 0.116. The first-order valence-electron chi connectivity index (χ1n) is 17.3. The molecule has 6 rings (SSSR count). The predicted molar refractivity (Wildman–Crippen MR) is 219 cm³/mol. The second kappa shape index (κ2) is 18.6. The Morgan fingerprint density at radius 3 is 2.25 bits per heavy atom. The van der Waals surface area contributed by atoms with Crippen molar-refractivity contribution in [2.45, 2.75) is 17.1 Å². The van der Waals surface area contributed by atoms with Crippen LogP contribution in [-0.2, 0) is 9.59 Å². The molecule has 12 heteroatoms. The zero-order chi connectivity index (χ0) is 38.6. The molecule has 0 aliphatic carbocycles. The number of ether oxygens (including phenoxy) is 3. The number of benzene rings is 5. The molecule has 1 unspecified atom stereocenters. The van der Waals surface area contributed by atoms with Gasteiger partial charge in [-0.05, 0) is 79.2 Å². The van der Waals surface area contributed by atoms with Gasteiger partial charge in [-0.3, -0.25) is 14.4 Å². The molecule has 0 aliphatic rings. The molecule has 5 aromatic carbocycles. The lowest BCUT2D eigenvalue weighted by Crippen LogP contribution is -2.30. The third kappa shape index (κ3) is 9.99. The third-order valence-corrected chi connectivity index (χ3v) is 10.1. The van der Waals surface area contributed by atoms with Gasteiger partial charge in [0.15, 0.2) is 16.6 Å². The number of rotatable bonds is 15. The molecular formula is C43H38N4O6S2. The Balaban J connectivity index is 1.22. The van der Waals surface area contributed by atoms with Gasteiger partial charge in [-0.1, -0.05) is 66.7 Å². The molecule has 1 atom stereocenters. The molecule has 0 fully saturated rings. The van der Waals surface area contributed by atoms with Crippen LogP contribution in [0.1, 0.15) is 33.7 Å². The van der Waals surface area contributed by atoms with Gasteiger partial charge in [0.05, 0.1) is 26.5 Å². The van der Waals surface area contributed by atoms with E-state index in [0.717, 1.165) is 27.5 Å². The minimum atomic E-state index is -0.647. The van der Waals surface area contributed by atoms with Crippen molar-refractivity contribution in [3.05, 3.63) is 155 Å². The Bertz CT molecular complexity index is 2280. The summed E-state index contributed by atoms with van der Waals surface area (Å²) in [6, 6.07) is 38.2. The molecule has 0 radical (unpaired) electrons. The smallest absolute Gasteiger partial charge is 0.272 e. The highest BCUT2D eigenvalue weighted by molar-refractivity contribution is 8.00. The summed E-state index contributed by atoms with van der Waals surface area (Å²) in [6.07, 6.45) is 1.53. The van der Waals surface area contributed by atoms with E-state index in [9.17, 15) is 14.4 Å². The Morgan fingerprint density at radius 2 is 1.55 bits per heavy atom. The molecule has 6 aromatic rings. The number of nitrogens with zero attached hydrogens (tertiary/aromatic N) is 1. The summed E-state index contributed by atoms with van der Waals surface area (Å²) in [7, 11) is 3.02. The van der Waals surface area contributed by atoms with Crippen molar-refractivity contribution in [3.63, 3.8) is 0 Å². The van der Waals surface area contributed by atoms with Crippen LogP contribution in [0.5, 0.6) is 17.2 Å². The summed E-state index contributed by atoms with van der Waals surface area (Å²) >= 11 is 2.68. The second-order valence-electron chi connectivity index (χ2n) is 11.8. The Morgan fingerprint density at radius 1 is 0.818 bits per heavy atom. The number of hydrogen-bond acceptors (Lipinski definition) is 9. The largest absolute Gasteiger partial charge is 0.494 e. The fourth-order valence-electron chi connectivity index (χ4n) is 5.53. The van der Waals surface area contributed by atoms with Crippen LogP contribution in [-0.4, -0.2) is 43.5 Å². The van der Waals surface area contributed by atoms with Gasteiger partial charge in [0.25, 0.3) is 11.8 Å². The summed E-state index contributed by atoms with van der Waals surface area (Å²) in [4.78, 5) is 46.5. The number of anilines is 2. The number of thiazole rings is 1. The summed E-state index contributed by atoms with van der Waals surface area (Å²) in [5.74, 6) is 0.367. The SMILES string of the molecule is CCOc1ccc(-c2csc(NC(=O)C(Sc3cccc(NC(=O)/C(=C\c4cccc(OC)c4OC)NC(=O)c4ccccc4)c3)c3ccccc3)n2)cc1. The van der Waals surface area contributed by atoms with Crippen LogP contribution < -0.4 is 30.2 Å². The molecule has 55 heavy (non-hydrogen) atoms. The Hall–Kier alpha value is -6.37. The first kappa shape index (κ1) is 38.4. The fourth-order valence-corrected chi connectivity index (χ4v) is 7.34. The first-order chi connectivity index (χ1) is 26.8. The van der Waals surface area contributed by atoms with Crippen molar-refractivity contribution >= 4 is 57.7 Å². The summed E-state index contributed by atoms with van der Waals surface area (Å²) < 4.78 is 16.6. The number of carbonyl (C=O) groups is 3. The molecule has 0 saturated heterocycles. The lowest BCUT2D eigenvalue weighted by molar-refractivity contribution is -0.116. The Kier molecular flexibility index (Phi) is 13.0. The van der Waals surface area contributed by atoms with Crippen molar-refractivity contribution < 1.29 is 28.6 Å². The van der Waals surface area contributed by atoms with Crippen LogP contribution in [0.2, 0.25) is 0 Å². The molecule has 1 heterocycles. The van der Waals surface area contributed by atoms with Gasteiger partial charge in [-0.15, -0.1) is 23.1 Å². The number of thioether (sulfide) groups is 1. The van der Waals surface area contributed by atoms with Crippen LogP contribution in [0.3, 0.4) is 0 Å². The highest BCUT2D eigenvalue weighted by Crippen LogP contribution is 2.38. The van der Waals surface area contributed by atoms with Crippen molar-refractivity contribution in [1.29, 1.82) is 0 Å². The molecule has 3 amide bonds. The molecule has 3 N–H and O–H groups in total. The van der Waals surface area contributed by atoms with E-state index in [1.807, 2.05) is 73.0 Å². The summed E-state index contributed by atoms with van der Waals surface area (Å²) in [6.45, 7) is 2.52. The van der Waals surface area contributed by atoms with Gasteiger partial charge in [-0.25, -0.2) is 4.98 Å². The number of nitrogens with one attached hydrogen (secondary N) is 3. The molecule has 1 aromatic heterocycles. The van der Waals surface area contributed by atoms with Crippen molar-refractivity contribution in [3.8, 4) is 28.5 Å². The highest BCUT2D eigenvalue weighted by atomic mass is 32.2. The van der Waals surface area contributed by atoms with Crippen LogP contribution in [0, 0.1) is 0 Å². The third-order valence-electron chi connectivity index (χ3n) is 8.14. The first-order valence-corrected chi connectivity index (χ1v) is 19.0.